The molecule has 2 aromatic heterocycles. The Hall–Kier alpha value is -2.68. The van der Waals surface area contributed by atoms with E-state index in [0.717, 1.165) is 36.2 Å². The van der Waals surface area contributed by atoms with Crippen molar-refractivity contribution in [3.05, 3.63) is 50.1 Å². The summed E-state index contributed by atoms with van der Waals surface area (Å²) in [7, 11) is 3.15. The number of H-pyrrole nitrogens is 1. The van der Waals surface area contributed by atoms with E-state index in [1.165, 1.54) is 17.7 Å². The van der Waals surface area contributed by atoms with Crippen LogP contribution in [0.1, 0.15) is 40.6 Å². The predicted octanol–water partition coefficient (Wildman–Crippen LogP) is -0.714. The van der Waals surface area contributed by atoms with Crippen LogP contribution in [0.2, 0.25) is 0 Å². The van der Waals surface area contributed by atoms with E-state index >= 15 is 0 Å². The summed E-state index contributed by atoms with van der Waals surface area (Å²) >= 11 is 0. The van der Waals surface area contributed by atoms with Gasteiger partial charge in [0.1, 0.15) is 5.69 Å². The summed E-state index contributed by atoms with van der Waals surface area (Å²) < 4.78 is 2.60. The van der Waals surface area contributed by atoms with E-state index in [1.54, 1.807) is 13.1 Å². The van der Waals surface area contributed by atoms with Crippen LogP contribution in [0.4, 0.5) is 0 Å². The molecule has 1 fully saturated rings. The molecule has 9 nitrogen and oxygen atoms in total. The fraction of sp³-hybridized carbons (Fsp3) is 0.500. The highest BCUT2D eigenvalue weighted by molar-refractivity contribution is 5.90. The molecule has 0 spiro atoms. The lowest BCUT2D eigenvalue weighted by Gasteiger charge is -2.32. The number of carbonyl (C=O) groups is 1. The number of nitrogens with one attached hydrogen (secondary N) is 1. The van der Waals surface area contributed by atoms with Crippen molar-refractivity contribution < 1.29 is 4.79 Å². The van der Waals surface area contributed by atoms with Gasteiger partial charge in [0.05, 0.1) is 0 Å². The van der Waals surface area contributed by atoms with Crippen LogP contribution in [0.3, 0.4) is 0 Å². The summed E-state index contributed by atoms with van der Waals surface area (Å²) in [5.41, 5.74) is 6.44. The van der Waals surface area contributed by atoms with E-state index in [9.17, 15) is 14.4 Å². The zero-order valence-electron chi connectivity index (χ0n) is 14.4. The molecule has 3 heterocycles. The standard InChI is InChI=1S/C16H22N6O3/c1-20-11(6-14(23)21(2)16(20)25)9-22-5-3-4-10(8-22)12-7-13(15(17)24)19-18-12/h6-7,10H,3-5,8-9H2,1-2H3,(H2,17,24)(H,18,19)/t10-/m0/s1. The Morgan fingerprint density at radius 2 is 2.08 bits per heavy atom. The molecule has 9 heteroatoms. The predicted molar refractivity (Wildman–Crippen MR) is 91.3 cm³/mol. The van der Waals surface area contributed by atoms with E-state index in [0.29, 0.717) is 12.2 Å². The SMILES string of the molecule is Cn1c(CN2CCC[C@H](c3cc(C(N)=O)n[nH]3)C2)cc(=O)n(C)c1=O. The van der Waals surface area contributed by atoms with Gasteiger partial charge in [-0.1, -0.05) is 0 Å². The topological polar surface area (TPSA) is 119 Å². The lowest BCUT2D eigenvalue weighted by Crippen LogP contribution is -2.41. The molecule has 1 aliphatic heterocycles. The van der Waals surface area contributed by atoms with Gasteiger partial charge in [0.15, 0.2) is 0 Å². The second-order valence-electron chi connectivity index (χ2n) is 6.52. The molecule has 0 saturated carbocycles. The second-order valence-corrected chi connectivity index (χ2v) is 6.52. The van der Waals surface area contributed by atoms with Crippen molar-refractivity contribution in [3.8, 4) is 0 Å². The van der Waals surface area contributed by atoms with Crippen LogP contribution < -0.4 is 17.0 Å². The number of hydrogen-bond acceptors (Lipinski definition) is 5. The first-order valence-corrected chi connectivity index (χ1v) is 8.20. The molecule has 25 heavy (non-hydrogen) atoms. The van der Waals surface area contributed by atoms with Crippen LogP contribution in [0, 0.1) is 0 Å². The van der Waals surface area contributed by atoms with Crippen LogP contribution >= 0.6 is 0 Å². The molecule has 2 aromatic rings. The van der Waals surface area contributed by atoms with Crippen LogP contribution in [0.25, 0.3) is 0 Å². The number of carbonyl (C=O) groups excluding carboxylic acids is 1. The lowest BCUT2D eigenvalue weighted by atomic mass is 9.94. The van der Waals surface area contributed by atoms with Crippen molar-refractivity contribution in [2.75, 3.05) is 13.1 Å². The molecule has 0 aliphatic carbocycles. The molecule has 1 aliphatic rings. The number of nitrogens with two attached hydrogens (primary N) is 1. The van der Waals surface area contributed by atoms with Crippen molar-refractivity contribution in [1.29, 1.82) is 0 Å². The Morgan fingerprint density at radius 1 is 1.32 bits per heavy atom. The number of hydrogen-bond donors (Lipinski definition) is 2. The Bertz CT molecular complexity index is 909. The van der Waals surface area contributed by atoms with Crippen molar-refractivity contribution in [2.45, 2.75) is 25.3 Å². The normalized spacial score (nSPS) is 18.4. The van der Waals surface area contributed by atoms with E-state index in [2.05, 4.69) is 15.1 Å². The van der Waals surface area contributed by atoms with Gasteiger partial charge in [0.25, 0.3) is 11.5 Å². The molecular weight excluding hydrogens is 324 g/mol. The minimum atomic E-state index is -0.551. The molecule has 134 valence electrons. The largest absolute Gasteiger partial charge is 0.364 e. The molecule has 0 unspecified atom stereocenters. The summed E-state index contributed by atoms with van der Waals surface area (Å²) in [6, 6.07) is 3.21. The minimum absolute atomic E-state index is 0.206. The first kappa shape index (κ1) is 17.2. The monoisotopic (exact) mass is 346 g/mol. The summed E-state index contributed by atoms with van der Waals surface area (Å²) in [4.78, 5) is 37.3. The van der Waals surface area contributed by atoms with E-state index < -0.39 is 5.91 Å². The highest BCUT2D eigenvalue weighted by Crippen LogP contribution is 2.26. The van der Waals surface area contributed by atoms with Gasteiger partial charge in [-0.15, -0.1) is 0 Å². The van der Waals surface area contributed by atoms with Gasteiger partial charge in [0, 0.05) is 50.6 Å². The van der Waals surface area contributed by atoms with E-state index in [-0.39, 0.29) is 22.9 Å². The summed E-state index contributed by atoms with van der Waals surface area (Å²) in [5.74, 6) is -0.344. The van der Waals surface area contributed by atoms with Crippen molar-refractivity contribution >= 4 is 5.91 Å². The van der Waals surface area contributed by atoms with Gasteiger partial charge >= 0.3 is 5.69 Å². The molecular formula is C16H22N6O3. The van der Waals surface area contributed by atoms with Crippen LogP contribution in [-0.4, -0.2) is 43.2 Å². The quantitative estimate of drug-likeness (QED) is 0.758. The van der Waals surface area contributed by atoms with Crippen LogP contribution in [0.5, 0.6) is 0 Å². The maximum absolute atomic E-state index is 12.1. The third kappa shape index (κ3) is 3.41. The molecule has 1 amide bonds. The number of primary amides is 1. The Labute approximate surface area is 144 Å². The lowest BCUT2D eigenvalue weighted by molar-refractivity contribution is 0.0995. The number of rotatable bonds is 4. The van der Waals surface area contributed by atoms with Gasteiger partial charge in [0.2, 0.25) is 0 Å². The second kappa shape index (κ2) is 6.67. The Balaban J connectivity index is 1.77. The number of likely N-dealkylation sites (tertiary alicyclic amines) is 1. The molecule has 0 aromatic carbocycles. The maximum atomic E-state index is 12.1. The third-order valence-electron chi connectivity index (χ3n) is 4.81. The average Bonchev–Trinajstić information content (AvgIpc) is 3.08. The van der Waals surface area contributed by atoms with Gasteiger partial charge in [-0.2, -0.15) is 5.10 Å². The van der Waals surface area contributed by atoms with E-state index in [4.69, 9.17) is 5.73 Å². The van der Waals surface area contributed by atoms with Crippen molar-refractivity contribution in [1.82, 2.24) is 24.2 Å². The highest BCUT2D eigenvalue weighted by Gasteiger charge is 2.24. The van der Waals surface area contributed by atoms with Crippen molar-refractivity contribution in [3.63, 3.8) is 0 Å². The summed E-state index contributed by atoms with van der Waals surface area (Å²) in [6.45, 7) is 2.16. The van der Waals surface area contributed by atoms with Gasteiger partial charge in [-0.05, 0) is 25.5 Å². The van der Waals surface area contributed by atoms with Crippen molar-refractivity contribution in [2.24, 2.45) is 19.8 Å². The van der Waals surface area contributed by atoms with Gasteiger partial charge in [-0.25, -0.2) is 4.79 Å². The smallest absolute Gasteiger partial charge is 0.330 e. The van der Waals surface area contributed by atoms with Gasteiger partial charge < -0.3 is 5.73 Å². The Kier molecular flexibility index (Phi) is 4.58. The molecule has 1 saturated heterocycles. The summed E-state index contributed by atoms with van der Waals surface area (Å²) in [5, 5.41) is 6.83. The summed E-state index contributed by atoms with van der Waals surface area (Å²) in [6.07, 6.45) is 1.96. The van der Waals surface area contributed by atoms with Gasteiger partial charge in [-0.3, -0.25) is 28.7 Å². The number of aromatic nitrogens is 4. The Morgan fingerprint density at radius 3 is 2.76 bits per heavy atom. The molecule has 3 N–H and O–H groups in total. The fourth-order valence-corrected chi connectivity index (χ4v) is 3.28. The molecule has 0 bridgehead atoms. The first-order chi connectivity index (χ1) is 11.9. The molecule has 3 rings (SSSR count). The zero-order chi connectivity index (χ0) is 18.1. The maximum Gasteiger partial charge on any atom is 0.330 e. The average molecular weight is 346 g/mol. The zero-order valence-corrected chi connectivity index (χ0v) is 14.4. The number of aromatic amines is 1. The minimum Gasteiger partial charge on any atom is -0.364 e. The molecule has 1 atom stereocenters. The van der Waals surface area contributed by atoms with Crippen LogP contribution in [0.15, 0.2) is 21.7 Å². The van der Waals surface area contributed by atoms with E-state index in [1.807, 2.05) is 0 Å². The fourth-order valence-electron chi connectivity index (χ4n) is 3.28. The first-order valence-electron chi connectivity index (χ1n) is 8.20. The van der Waals surface area contributed by atoms with Crippen LogP contribution in [-0.2, 0) is 20.6 Å². The number of piperidine rings is 1. The molecule has 0 radical (unpaired) electrons. The highest BCUT2D eigenvalue weighted by atomic mass is 16.2. The third-order valence-corrected chi connectivity index (χ3v) is 4.81. The number of amides is 1. The number of nitrogens with zero attached hydrogens (tertiary/aromatic N) is 4.